The van der Waals surface area contributed by atoms with E-state index in [2.05, 4.69) is 16.0 Å². The van der Waals surface area contributed by atoms with Crippen molar-refractivity contribution in [3.63, 3.8) is 0 Å². The van der Waals surface area contributed by atoms with Crippen LogP contribution in [-0.4, -0.2) is 79.1 Å². The largest absolute Gasteiger partial charge is 0.359 e. The lowest BCUT2D eigenvalue weighted by molar-refractivity contribution is -0.134. The smallest absolute Gasteiger partial charge is 0.238 e. The zero-order chi connectivity index (χ0) is 27.4. The second kappa shape index (κ2) is 12.3. The average molecular weight is 565 g/mol. The Labute approximate surface area is 236 Å². The van der Waals surface area contributed by atoms with E-state index in [4.69, 9.17) is 17.0 Å². The molecule has 8 nitrogen and oxygen atoms in total. The van der Waals surface area contributed by atoms with Crippen LogP contribution in [-0.2, 0) is 35.2 Å². The van der Waals surface area contributed by atoms with E-state index in [1.54, 1.807) is 10.5 Å². The Balaban J connectivity index is 1.13. The molecule has 2 N–H and O–H groups in total. The fourth-order valence-corrected chi connectivity index (χ4v) is 6.28. The number of carbonyl (C=O) groups is 1. The summed E-state index contributed by atoms with van der Waals surface area (Å²) in [5.41, 5.74) is 6.14. The van der Waals surface area contributed by atoms with E-state index in [9.17, 15) is 9.00 Å². The van der Waals surface area contributed by atoms with Gasteiger partial charge in [-0.3, -0.25) is 15.2 Å². The van der Waals surface area contributed by atoms with Crippen LogP contribution in [0.25, 0.3) is 6.08 Å². The summed E-state index contributed by atoms with van der Waals surface area (Å²) in [7, 11) is 0.493. The number of aromatic amines is 1. The third kappa shape index (κ3) is 6.49. The number of nitrogens with zero attached hydrogens (tertiary/aromatic N) is 4. The van der Waals surface area contributed by atoms with Gasteiger partial charge in [-0.2, -0.15) is 0 Å². The Morgan fingerprint density at radius 2 is 2.00 bits per heavy atom. The Bertz CT molecular complexity index is 1390. The Kier molecular flexibility index (Phi) is 8.60. The standard InChI is InChI=1S/C29H33ClN6O2S/c1-34(13-11-25-4-2-3-12-32-25)29(31)23-8-5-21(6-9-23)19-35-14-15-36(20-28(35)37)39(38)27-17-24-16-22(18-30)7-10-26(24)33-27/h2-6,8-9,12,16-17,31,33H,7,10-11,13-15,18-20H2,1H3. The van der Waals surface area contributed by atoms with Gasteiger partial charge in [-0.15, -0.1) is 11.6 Å². The molecule has 39 heavy (non-hydrogen) atoms. The van der Waals surface area contributed by atoms with E-state index in [0.29, 0.717) is 42.9 Å². The van der Waals surface area contributed by atoms with Gasteiger partial charge in [0.05, 0.1) is 6.54 Å². The van der Waals surface area contributed by atoms with Gasteiger partial charge in [0.15, 0.2) is 0 Å². The molecule has 1 fully saturated rings. The number of alkyl halides is 1. The summed E-state index contributed by atoms with van der Waals surface area (Å²) in [5.74, 6) is 0.917. The number of fused-ring (bicyclic) bond motifs is 1. The topological polar surface area (TPSA) is 96.4 Å². The molecule has 1 aliphatic heterocycles. The summed E-state index contributed by atoms with van der Waals surface area (Å²) in [4.78, 5) is 24.3. The monoisotopic (exact) mass is 564 g/mol. The van der Waals surface area contributed by atoms with Gasteiger partial charge in [0.25, 0.3) is 0 Å². The highest BCUT2D eigenvalue weighted by Gasteiger charge is 2.29. The molecule has 3 aromatic rings. The number of amides is 1. The van der Waals surface area contributed by atoms with E-state index in [-0.39, 0.29) is 12.5 Å². The molecular formula is C29H33ClN6O2S. The molecule has 1 aromatic carbocycles. The lowest BCUT2D eigenvalue weighted by Crippen LogP contribution is -2.50. The van der Waals surface area contributed by atoms with Gasteiger partial charge in [0.2, 0.25) is 5.91 Å². The van der Waals surface area contributed by atoms with Crippen molar-refractivity contribution >= 4 is 40.4 Å². The Morgan fingerprint density at radius 1 is 1.18 bits per heavy atom. The number of halogens is 1. The fourth-order valence-electron chi connectivity index (χ4n) is 4.88. The van der Waals surface area contributed by atoms with Crippen molar-refractivity contribution in [1.82, 2.24) is 24.1 Å². The summed E-state index contributed by atoms with van der Waals surface area (Å²) >= 11 is 5.99. The number of benzene rings is 1. The number of aromatic nitrogens is 2. The van der Waals surface area contributed by atoms with Gasteiger partial charge >= 0.3 is 0 Å². The number of hydrogen-bond donors (Lipinski definition) is 2. The van der Waals surface area contributed by atoms with Crippen molar-refractivity contribution in [2.75, 3.05) is 39.1 Å². The second-order valence-corrected chi connectivity index (χ2v) is 11.7. The first-order chi connectivity index (χ1) is 18.9. The van der Waals surface area contributed by atoms with Crippen LogP contribution >= 0.6 is 11.6 Å². The van der Waals surface area contributed by atoms with Crippen molar-refractivity contribution < 1.29 is 9.00 Å². The third-order valence-corrected chi connectivity index (χ3v) is 8.97. The predicted octanol–water partition coefficient (Wildman–Crippen LogP) is 3.84. The second-order valence-electron chi connectivity index (χ2n) is 9.97. The number of allylic oxidation sites excluding steroid dienone is 1. The molecule has 3 heterocycles. The molecule has 10 heteroatoms. The predicted molar refractivity (Wildman–Crippen MR) is 155 cm³/mol. The van der Waals surface area contributed by atoms with Crippen LogP contribution in [0.5, 0.6) is 0 Å². The first-order valence-electron chi connectivity index (χ1n) is 13.1. The zero-order valence-electron chi connectivity index (χ0n) is 22.0. The molecule has 204 valence electrons. The van der Waals surface area contributed by atoms with E-state index in [0.717, 1.165) is 47.3 Å². The molecule has 2 aliphatic rings. The minimum absolute atomic E-state index is 0.0404. The first kappa shape index (κ1) is 27.3. The SMILES string of the molecule is CN(CCc1ccccn1)C(=N)c1ccc(CN2CCN(S(=O)c3cc4c([nH]3)CCC(CCl)=C4)CC2=O)cc1. The molecule has 5 rings (SSSR count). The number of nitrogens with one attached hydrogen (secondary N) is 2. The van der Waals surface area contributed by atoms with Crippen LogP contribution in [0.3, 0.4) is 0 Å². The minimum atomic E-state index is -1.42. The summed E-state index contributed by atoms with van der Waals surface area (Å²) in [5, 5.41) is 9.18. The summed E-state index contributed by atoms with van der Waals surface area (Å²) in [6.07, 6.45) is 6.39. The molecule has 0 saturated carbocycles. The van der Waals surface area contributed by atoms with Gasteiger partial charge in [-0.1, -0.05) is 42.0 Å². The summed E-state index contributed by atoms with van der Waals surface area (Å²) in [6, 6.07) is 15.6. The maximum atomic E-state index is 13.2. The van der Waals surface area contributed by atoms with Crippen LogP contribution in [0.1, 0.15) is 34.5 Å². The van der Waals surface area contributed by atoms with E-state index in [1.165, 1.54) is 5.57 Å². The maximum Gasteiger partial charge on any atom is 0.238 e. The van der Waals surface area contributed by atoms with Crippen molar-refractivity contribution in [3.8, 4) is 0 Å². The highest BCUT2D eigenvalue weighted by atomic mass is 35.5. The van der Waals surface area contributed by atoms with E-state index in [1.807, 2.05) is 65.4 Å². The first-order valence-corrected chi connectivity index (χ1v) is 14.8. The Morgan fingerprint density at radius 3 is 2.72 bits per heavy atom. The van der Waals surface area contributed by atoms with Gasteiger partial charge in [-0.05, 0) is 42.2 Å². The number of H-pyrrole nitrogens is 1. The molecule has 0 spiro atoms. The van der Waals surface area contributed by atoms with Gasteiger partial charge in [-0.25, -0.2) is 8.51 Å². The van der Waals surface area contributed by atoms with E-state index >= 15 is 0 Å². The molecule has 1 saturated heterocycles. The minimum Gasteiger partial charge on any atom is -0.359 e. The number of aryl methyl sites for hydroxylation is 1. The molecule has 1 atom stereocenters. The lowest BCUT2D eigenvalue weighted by Gasteiger charge is -2.33. The quantitative estimate of drug-likeness (QED) is 0.234. The zero-order valence-corrected chi connectivity index (χ0v) is 23.6. The van der Waals surface area contributed by atoms with Crippen molar-refractivity contribution in [2.24, 2.45) is 0 Å². The molecule has 2 aromatic heterocycles. The van der Waals surface area contributed by atoms with Crippen LogP contribution in [0, 0.1) is 5.41 Å². The summed E-state index contributed by atoms with van der Waals surface area (Å²) < 4.78 is 15.0. The van der Waals surface area contributed by atoms with Crippen LogP contribution in [0.2, 0.25) is 0 Å². The molecule has 1 amide bonds. The van der Waals surface area contributed by atoms with Crippen LogP contribution < -0.4 is 0 Å². The van der Waals surface area contributed by atoms with Crippen molar-refractivity contribution in [1.29, 1.82) is 5.41 Å². The summed E-state index contributed by atoms with van der Waals surface area (Å²) in [6.45, 7) is 2.35. The number of carbonyl (C=O) groups excluding carboxylic acids is 1. The maximum absolute atomic E-state index is 13.2. The highest BCUT2D eigenvalue weighted by molar-refractivity contribution is 7.82. The molecule has 1 unspecified atom stereocenters. The van der Waals surface area contributed by atoms with Crippen molar-refractivity contribution in [2.45, 2.75) is 30.8 Å². The highest BCUT2D eigenvalue weighted by Crippen LogP contribution is 2.27. The van der Waals surface area contributed by atoms with Gasteiger partial charge in [0, 0.05) is 68.7 Å². The average Bonchev–Trinajstić information content (AvgIpc) is 3.40. The molecular weight excluding hydrogens is 532 g/mol. The third-order valence-electron chi connectivity index (χ3n) is 7.25. The molecule has 0 radical (unpaired) electrons. The van der Waals surface area contributed by atoms with Gasteiger partial charge in [0.1, 0.15) is 21.8 Å². The Hall–Kier alpha value is -3.27. The van der Waals surface area contributed by atoms with Crippen LogP contribution in [0.15, 0.2) is 65.3 Å². The normalized spacial score (nSPS) is 16.5. The van der Waals surface area contributed by atoms with Crippen molar-refractivity contribution in [3.05, 3.63) is 88.4 Å². The van der Waals surface area contributed by atoms with Gasteiger partial charge < -0.3 is 14.8 Å². The molecule has 0 bridgehead atoms. The number of rotatable bonds is 9. The number of pyridine rings is 1. The van der Waals surface area contributed by atoms with Crippen LogP contribution in [0.4, 0.5) is 0 Å². The number of piperazine rings is 1. The fraction of sp³-hybridized carbons (Fsp3) is 0.345. The number of hydrogen-bond acceptors (Lipinski definition) is 4. The number of amidine groups is 1. The van der Waals surface area contributed by atoms with E-state index < -0.39 is 11.0 Å². The lowest BCUT2D eigenvalue weighted by atomic mass is 9.99. The number of likely N-dealkylation sites (N-methyl/N-ethyl adjacent to an activating group) is 1. The molecule has 1 aliphatic carbocycles.